The first-order valence-corrected chi connectivity index (χ1v) is 10.5. The highest BCUT2D eigenvalue weighted by Gasteiger charge is 2.21. The number of amides is 3. The van der Waals surface area contributed by atoms with Gasteiger partial charge in [-0.1, -0.05) is 35.9 Å². The molecule has 8 heteroatoms. The second-order valence-electron chi connectivity index (χ2n) is 6.31. The molecule has 29 heavy (non-hydrogen) atoms. The molecule has 2 aromatic carbocycles. The maximum Gasteiger partial charge on any atom is 0.269 e. The molecule has 7 nitrogen and oxygen atoms in total. The monoisotopic (exact) mass is 415 g/mol. The molecular weight excluding hydrogens is 390 g/mol. The molecule has 0 saturated carbocycles. The zero-order valence-electron chi connectivity index (χ0n) is 16.4. The van der Waals surface area contributed by atoms with E-state index < -0.39 is 23.8 Å². The Balaban J connectivity index is 1.86. The van der Waals surface area contributed by atoms with Crippen molar-refractivity contribution in [3.63, 3.8) is 0 Å². The Labute approximate surface area is 174 Å². The van der Waals surface area contributed by atoms with Gasteiger partial charge in [-0.15, -0.1) is 0 Å². The van der Waals surface area contributed by atoms with Crippen LogP contribution in [0.2, 0.25) is 0 Å². The number of aryl methyl sites for hydroxylation is 1. The van der Waals surface area contributed by atoms with E-state index in [9.17, 15) is 14.4 Å². The molecule has 0 bridgehead atoms. The van der Waals surface area contributed by atoms with Crippen molar-refractivity contribution >= 4 is 29.5 Å². The number of hydrogen-bond donors (Lipinski definition) is 3. The molecule has 0 aliphatic heterocycles. The lowest BCUT2D eigenvalue weighted by Crippen LogP contribution is -2.53. The SMILES string of the molecule is CSCC[C@@H](NC(=O)COc1ccccc1)C(=O)NNC(=O)c1ccc(C)cc1. The number of hydrazine groups is 1. The Hall–Kier alpha value is -3.00. The summed E-state index contributed by atoms with van der Waals surface area (Å²) < 4.78 is 5.40. The molecule has 0 aliphatic carbocycles. The van der Waals surface area contributed by atoms with Crippen molar-refractivity contribution in [2.24, 2.45) is 0 Å². The molecule has 0 aliphatic rings. The van der Waals surface area contributed by atoms with E-state index in [4.69, 9.17) is 4.74 Å². The maximum atomic E-state index is 12.5. The van der Waals surface area contributed by atoms with Gasteiger partial charge in [-0.25, -0.2) is 0 Å². The normalized spacial score (nSPS) is 11.2. The Kier molecular flexibility index (Phi) is 9.04. The van der Waals surface area contributed by atoms with Crippen molar-refractivity contribution in [1.29, 1.82) is 0 Å². The fraction of sp³-hybridized carbons (Fsp3) is 0.286. The molecular formula is C21H25N3O4S. The summed E-state index contributed by atoms with van der Waals surface area (Å²) in [5, 5.41) is 2.65. The number of hydrogen-bond acceptors (Lipinski definition) is 5. The Bertz CT molecular complexity index is 812. The molecule has 1 atom stereocenters. The third-order valence-electron chi connectivity index (χ3n) is 3.99. The Morgan fingerprint density at radius 3 is 2.34 bits per heavy atom. The largest absolute Gasteiger partial charge is 0.484 e. The van der Waals surface area contributed by atoms with Crippen LogP contribution in [0.15, 0.2) is 54.6 Å². The van der Waals surface area contributed by atoms with E-state index in [1.165, 1.54) is 0 Å². The minimum absolute atomic E-state index is 0.206. The summed E-state index contributed by atoms with van der Waals surface area (Å²) in [4.78, 5) is 36.8. The number of carbonyl (C=O) groups excluding carboxylic acids is 3. The van der Waals surface area contributed by atoms with Crippen molar-refractivity contribution in [3.05, 3.63) is 65.7 Å². The van der Waals surface area contributed by atoms with Gasteiger partial charge in [0.05, 0.1) is 0 Å². The topological polar surface area (TPSA) is 96.5 Å². The molecule has 0 spiro atoms. The fourth-order valence-corrected chi connectivity index (χ4v) is 2.86. The first kappa shape index (κ1) is 22.3. The van der Waals surface area contributed by atoms with Crippen LogP contribution >= 0.6 is 11.8 Å². The third-order valence-corrected chi connectivity index (χ3v) is 4.63. The average Bonchev–Trinajstić information content (AvgIpc) is 2.74. The van der Waals surface area contributed by atoms with Crippen LogP contribution < -0.4 is 20.9 Å². The number of rotatable bonds is 9. The van der Waals surface area contributed by atoms with Gasteiger partial charge in [0.2, 0.25) is 0 Å². The minimum atomic E-state index is -0.785. The van der Waals surface area contributed by atoms with Crippen LogP contribution in [0.3, 0.4) is 0 Å². The Morgan fingerprint density at radius 1 is 1.00 bits per heavy atom. The van der Waals surface area contributed by atoms with Crippen molar-refractivity contribution in [2.45, 2.75) is 19.4 Å². The van der Waals surface area contributed by atoms with Gasteiger partial charge >= 0.3 is 0 Å². The van der Waals surface area contributed by atoms with Crippen LogP contribution in [0.4, 0.5) is 0 Å². The molecule has 2 aromatic rings. The van der Waals surface area contributed by atoms with Gasteiger partial charge in [0.15, 0.2) is 6.61 Å². The molecule has 2 rings (SSSR count). The summed E-state index contributed by atoms with van der Waals surface area (Å²) in [5.41, 5.74) is 6.22. The van der Waals surface area contributed by atoms with Crippen LogP contribution in [0.25, 0.3) is 0 Å². The predicted molar refractivity (Wildman–Crippen MR) is 114 cm³/mol. The van der Waals surface area contributed by atoms with Crippen LogP contribution in [0, 0.1) is 6.92 Å². The summed E-state index contributed by atoms with van der Waals surface area (Å²) in [7, 11) is 0. The maximum absolute atomic E-state index is 12.5. The third kappa shape index (κ3) is 7.87. The molecule has 3 amide bonds. The number of ether oxygens (including phenoxy) is 1. The van der Waals surface area contributed by atoms with Gasteiger partial charge in [-0.3, -0.25) is 25.2 Å². The van der Waals surface area contributed by atoms with Crippen molar-refractivity contribution in [3.8, 4) is 5.75 Å². The van der Waals surface area contributed by atoms with E-state index >= 15 is 0 Å². The molecule has 0 heterocycles. The number of benzene rings is 2. The zero-order valence-corrected chi connectivity index (χ0v) is 17.3. The molecule has 0 saturated heterocycles. The minimum Gasteiger partial charge on any atom is -0.484 e. The number of thioether (sulfide) groups is 1. The average molecular weight is 416 g/mol. The number of carbonyl (C=O) groups is 3. The lowest BCUT2D eigenvalue weighted by atomic mass is 10.1. The first-order chi connectivity index (χ1) is 14.0. The zero-order chi connectivity index (χ0) is 21.1. The second kappa shape index (κ2) is 11.8. The van der Waals surface area contributed by atoms with Gasteiger partial charge in [-0.05, 0) is 49.6 Å². The van der Waals surface area contributed by atoms with Crippen LogP contribution in [-0.4, -0.2) is 42.4 Å². The number of para-hydroxylation sites is 1. The highest BCUT2D eigenvalue weighted by atomic mass is 32.2. The molecule has 3 N–H and O–H groups in total. The summed E-state index contributed by atoms with van der Waals surface area (Å²) in [5.74, 6) is -0.101. The quantitative estimate of drug-likeness (QED) is 0.545. The van der Waals surface area contributed by atoms with E-state index in [1.54, 1.807) is 48.2 Å². The van der Waals surface area contributed by atoms with Crippen LogP contribution in [0.1, 0.15) is 22.3 Å². The fourth-order valence-electron chi connectivity index (χ4n) is 2.39. The first-order valence-electron chi connectivity index (χ1n) is 9.12. The summed E-state index contributed by atoms with van der Waals surface area (Å²) in [6.45, 7) is 1.72. The summed E-state index contributed by atoms with van der Waals surface area (Å²) in [6.07, 6.45) is 2.33. The van der Waals surface area contributed by atoms with Gasteiger partial charge in [0.25, 0.3) is 17.7 Å². The van der Waals surface area contributed by atoms with Crippen LogP contribution in [0.5, 0.6) is 5.75 Å². The second-order valence-corrected chi connectivity index (χ2v) is 7.30. The van der Waals surface area contributed by atoms with E-state index in [-0.39, 0.29) is 6.61 Å². The predicted octanol–water partition coefficient (Wildman–Crippen LogP) is 2.07. The van der Waals surface area contributed by atoms with E-state index in [0.29, 0.717) is 23.5 Å². The Morgan fingerprint density at radius 2 is 1.69 bits per heavy atom. The molecule has 0 radical (unpaired) electrons. The highest BCUT2D eigenvalue weighted by molar-refractivity contribution is 7.98. The summed E-state index contributed by atoms with van der Waals surface area (Å²) in [6, 6.07) is 15.1. The van der Waals surface area contributed by atoms with Crippen LogP contribution in [-0.2, 0) is 9.59 Å². The van der Waals surface area contributed by atoms with Crippen molar-refractivity contribution in [2.75, 3.05) is 18.6 Å². The van der Waals surface area contributed by atoms with Gasteiger partial charge < -0.3 is 10.1 Å². The van der Waals surface area contributed by atoms with E-state index in [1.807, 2.05) is 31.4 Å². The lowest BCUT2D eigenvalue weighted by Gasteiger charge is -2.18. The lowest BCUT2D eigenvalue weighted by molar-refractivity contribution is -0.130. The van der Waals surface area contributed by atoms with Crippen molar-refractivity contribution in [1.82, 2.24) is 16.2 Å². The standard InChI is InChI=1S/C21H25N3O4S/c1-15-8-10-16(11-9-15)20(26)23-24-21(27)18(12-13-29-2)22-19(25)14-28-17-6-4-3-5-7-17/h3-11,18H,12-14H2,1-2H3,(H,22,25)(H,23,26)(H,24,27)/t18-/m1/s1. The van der Waals surface area contributed by atoms with Gasteiger partial charge in [0.1, 0.15) is 11.8 Å². The number of nitrogens with one attached hydrogen (secondary N) is 3. The summed E-state index contributed by atoms with van der Waals surface area (Å²) >= 11 is 1.56. The van der Waals surface area contributed by atoms with Gasteiger partial charge in [-0.2, -0.15) is 11.8 Å². The van der Waals surface area contributed by atoms with Gasteiger partial charge in [0, 0.05) is 5.56 Å². The smallest absolute Gasteiger partial charge is 0.269 e. The molecule has 0 unspecified atom stereocenters. The molecule has 154 valence electrons. The molecule has 0 fully saturated rings. The van der Waals surface area contributed by atoms with E-state index in [0.717, 1.165) is 5.56 Å². The highest BCUT2D eigenvalue weighted by Crippen LogP contribution is 2.08. The molecule has 0 aromatic heterocycles. The van der Waals surface area contributed by atoms with Crippen molar-refractivity contribution < 1.29 is 19.1 Å². The van der Waals surface area contributed by atoms with E-state index in [2.05, 4.69) is 16.2 Å².